The molecule has 3 aliphatic rings. The van der Waals surface area contributed by atoms with E-state index < -0.39 is 5.92 Å². The van der Waals surface area contributed by atoms with Crippen molar-refractivity contribution < 1.29 is 18.4 Å². The van der Waals surface area contributed by atoms with Crippen molar-refractivity contribution >= 4 is 50.6 Å². The van der Waals surface area contributed by atoms with Crippen LogP contribution >= 0.6 is 22.7 Å². The van der Waals surface area contributed by atoms with Crippen LogP contribution in [0.25, 0.3) is 0 Å². The van der Waals surface area contributed by atoms with Crippen molar-refractivity contribution in [2.45, 2.75) is 62.7 Å². The molecule has 6 rings (SSSR count). The van der Waals surface area contributed by atoms with E-state index in [0.717, 1.165) is 48.5 Å². The Kier molecular flexibility index (Phi) is 6.76. The average Bonchev–Trinajstić information content (AvgIpc) is 3.47. The fourth-order valence-electron chi connectivity index (χ4n) is 4.84. The quantitative estimate of drug-likeness (QED) is 0.420. The number of nitrogens with one attached hydrogen (secondary N) is 2. The summed E-state index contributed by atoms with van der Waals surface area (Å²) in [4.78, 5) is 30.5. The zero-order chi connectivity index (χ0) is 26.3. The molecule has 2 N–H and O–H groups in total. The average molecular weight is 561 g/mol. The Balaban J connectivity index is 1.03. The summed E-state index contributed by atoms with van der Waals surface area (Å²) in [7, 11) is 0. The normalized spacial score (nSPS) is 22.5. The molecule has 4 heterocycles. The van der Waals surface area contributed by atoms with Crippen LogP contribution in [0.4, 0.5) is 24.9 Å². The first-order chi connectivity index (χ1) is 18.3. The second kappa shape index (κ2) is 10.2. The monoisotopic (exact) mass is 560 g/mol. The number of hydrogen-bond donors (Lipinski definition) is 2. The largest absolute Gasteiger partial charge is 0.344 e. The second-order valence-electron chi connectivity index (χ2n) is 10.1. The molecular weight excluding hydrogens is 534 g/mol. The number of carbonyl (C=O) groups excluding carboxylic acids is 2. The van der Waals surface area contributed by atoms with Crippen molar-refractivity contribution in [2.24, 2.45) is 5.92 Å². The molecule has 14 heteroatoms. The molecule has 200 valence electrons. The van der Waals surface area contributed by atoms with Gasteiger partial charge in [-0.3, -0.25) is 9.59 Å². The smallest absolute Gasteiger partial charge is 0.282 e. The van der Waals surface area contributed by atoms with Gasteiger partial charge in [0.15, 0.2) is 0 Å². The van der Waals surface area contributed by atoms with Gasteiger partial charge in [-0.05, 0) is 44.2 Å². The van der Waals surface area contributed by atoms with Gasteiger partial charge in [-0.1, -0.05) is 35.2 Å². The minimum atomic E-state index is -2.68. The number of halogens is 2. The number of pyridine rings is 1. The van der Waals surface area contributed by atoms with Gasteiger partial charge in [-0.25, -0.2) is 13.8 Å². The van der Waals surface area contributed by atoms with Crippen LogP contribution in [-0.2, 0) is 16.0 Å². The van der Waals surface area contributed by atoms with Crippen molar-refractivity contribution in [3.05, 3.63) is 33.9 Å². The van der Waals surface area contributed by atoms with Gasteiger partial charge in [0.25, 0.3) is 5.92 Å². The molecule has 2 amide bonds. The number of aromatic nitrogens is 5. The number of alkyl halides is 2. The molecule has 1 aliphatic heterocycles. The fourth-order valence-corrected chi connectivity index (χ4v) is 6.64. The lowest BCUT2D eigenvalue weighted by Gasteiger charge is -2.39. The van der Waals surface area contributed by atoms with E-state index >= 15 is 0 Å². The van der Waals surface area contributed by atoms with E-state index in [4.69, 9.17) is 0 Å². The van der Waals surface area contributed by atoms with Crippen molar-refractivity contribution in [1.29, 1.82) is 0 Å². The maximum atomic E-state index is 13.2. The Bertz CT molecular complexity index is 1340. The molecule has 3 fully saturated rings. The molecule has 0 radical (unpaired) electrons. The first-order valence-corrected chi connectivity index (χ1v) is 14.3. The molecule has 10 nitrogen and oxygen atoms in total. The summed E-state index contributed by atoms with van der Waals surface area (Å²) in [5.41, 5.74) is 0.500. The highest BCUT2D eigenvalue weighted by Crippen LogP contribution is 2.43. The first kappa shape index (κ1) is 25.2. The summed E-state index contributed by atoms with van der Waals surface area (Å²) in [5.74, 6) is -1.93. The third-order valence-electron chi connectivity index (χ3n) is 6.98. The summed E-state index contributed by atoms with van der Waals surface area (Å²) in [6.45, 7) is -0.717. The van der Waals surface area contributed by atoms with Gasteiger partial charge in [0.1, 0.15) is 15.8 Å². The lowest BCUT2D eigenvalue weighted by molar-refractivity contribution is -0.117. The van der Waals surface area contributed by atoms with Crippen LogP contribution in [0.15, 0.2) is 18.2 Å². The van der Waals surface area contributed by atoms with Gasteiger partial charge >= 0.3 is 0 Å². The Hall–Kier alpha value is -3.13. The van der Waals surface area contributed by atoms with E-state index in [9.17, 15) is 18.4 Å². The minimum Gasteiger partial charge on any atom is -0.344 e. The lowest BCUT2D eigenvalue weighted by Crippen LogP contribution is -2.56. The van der Waals surface area contributed by atoms with E-state index in [0.29, 0.717) is 21.8 Å². The molecule has 2 atom stereocenters. The van der Waals surface area contributed by atoms with E-state index in [1.807, 2.05) is 0 Å². The third-order valence-corrected chi connectivity index (χ3v) is 8.98. The van der Waals surface area contributed by atoms with Crippen molar-refractivity contribution in [2.75, 3.05) is 28.6 Å². The summed E-state index contributed by atoms with van der Waals surface area (Å²) < 4.78 is 26.4. The van der Waals surface area contributed by atoms with E-state index in [-0.39, 0.29) is 49.1 Å². The van der Waals surface area contributed by atoms with Gasteiger partial charge < -0.3 is 15.5 Å². The Morgan fingerprint density at radius 3 is 2.24 bits per heavy atom. The van der Waals surface area contributed by atoms with Crippen molar-refractivity contribution in [3.8, 4) is 0 Å². The predicted molar refractivity (Wildman–Crippen MR) is 139 cm³/mol. The zero-order valence-corrected chi connectivity index (χ0v) is 22.0. The molecule has 0 bridgehead atoms. The van der Waals surface area contributed by atoms with Crippen molar-refractivity contribution in [3.63, 3.8) is 0 Å². The Morgan fingerprint density at radius 1 is 0.947 bits per heavy atom. The molecule has 1 saturated heterocycles. The Labute approximate surface area is 225 Å². The number of nitrogens with zero attached hydrogens (tertiary/aromatic N) is 6. The van der Waals surface area contributed by atoms with Crippen LogP contribution < -0.4 is 15.5 Å². The summed E-state index contributed by atoms with van der Waals surface area (Å²) in [5, 5.41) is 25.4. The predicted octanol–water partition coefficient (Wildman–Crippen LogP) is 4.21. The topological polar surface area (TPSA) is 126 Å². The van der Waals surface area contributed by atoms with E-state index in [2.05, 4.69) is 36.0 Å². The van der Waals surface area contributed by atoms with Gasteiger partial charge in [0, 0.05) is 17.8 Å². The fraction of sp³-hybridized carbons (Fsp3) is 0.542. The summed E-state index contributed by atoms with van der Waals surface area (Å²) in [6.07, 6.45) is 5.76. The highest BCUT2D eigenvalue weighted by atomic mass is 32.1. The molecule has 38 heavy (non-hydrogen) atoms. The van der Waals surface area contributed by atoms with Crippen LogP contribution in [0.5, 0.6) is 0 Å². The molecule has 0 aromatic carbocycles. The Morgan fingerprint density at radius 2 is 1.61 bits per heavy atom. The van der Waals surface area contributed by atoms with Crippen LogP contribution in [-0.4, -0.2) is 56.2 Å². The molecule has 3 aromatic rings. The third kappa shape index (κ3) is 5.80. The van der Waals surface area contributed by atoms with Crippen LogP contribution in [0.3, 0.4) is 0 Å². The second-order valence-corrected chi connectivity index (χ2v) is 12.2. The molecule has 2 saturated carbocycles. The maximum absolute atomic E-state index is 13.2. The van der Waals surface area contributed by atoms with Crippen LogP contribution in [0, 0.1) is 5.92 Å². The maximum Gasteiger partial charge on any atom is 0.282 e. The standard InChI is InChI=1S/C24H26F2N8O2S2/c25-24(26)11-34(12-24)17-6-2-5-16(27-17)10-18(35)28-22-32-30-20(37-22)14-3-1-4-15(9-14)21-31-33-23(38-21)29-19(36)13-7-8-13/h2,5-6,13-15H,1,3-4,7-12H2,(H,28,32,35)(H,29,33,36)/t14-,15-/m0/s1. The van der Waals surface area contributed by atoms with Crippen LogP contribution in [0.2, 0.25) is 0 Å². The zero-order valence-electron chi connectivity index (χ0n) is 20.4. The molecule has 0 unspecified atom stereocenters. The SMILES string of the molecule is O=C(Cc1cccc(N2CC(F)(F)C2)n1)Nc1nnc([C@H]2CCC[C@H](c3nnc(NC(=O)C4CC4)s3)C2)s1. The van der Waals surface area contributed by atoms with Crippen molar-refractivity contribution in [1.82, 2.24) is 25.4 Å². The van der Waals surface area contributed by atoms with Gasteiger partial charge in [0.2, 0.25) is 22.1 Å². The number of hydrogen-bond acceptors (Lipinski definition) is 10. The number of rotatable bonds is 8. The van der Waals surface area contributed by atoms with E-state index in [1.54, 1.807) is 18.2 Å². The number of carbonyl (C=O) groups is 2. The number of anilines is 3. The van der Waals surface area contributed by atoms with Gasteiger partial charge in [-0.2, -0.15) is 0 Å². The van der Waals surface area contributed by atoms with Gasteiger partial charge in [-0.15, -0.1) is 20.4 Å². The molecule has 2 aliphatic carbocycles. The highest BCUT2D eigenvalue weighted by molar-refractivity contribution is 7.15. The van der Waals surface area contributed by atoms with E-state index in [1.165, 1.54) is 27.6 Å². The molecule has 3 aromatic heterocycles. The molecular formula is C24H26F2N8O2S2. The lowest BCUT2D eigenvalue weighted by atomic mass is 9.82. The minimum absolute atomic E-state index is 0.00908. The molecule has 0 spiro atoms. The number of amides is 2. The summed E-state index contributed by atoms with van der Waals surface area (Å²) in [6, 6.07) is 5.08. The van der Waals surface area contributed by atoms with Crippen LogP contribution in [0.1, 0.15) is 66.1 Å². The van der Waals surface area contributed by atoms with Gasteiger partial charge in [0.05, 0.1) is 25.2 Å². The highest BCUT2D eigenvalue weighted by Gasteiger charge is 2.44. The summed E-state index contributed by atoms with van der Waals surface area (Å²) >= 11 is 2.81. The first-order valence-electron chi connectivity index (χ1n) is 12.7.